The largest absolute Gasteiger partial charge is 0.348 e. The maximum Gasteiger partial charge on any atom is 0.271 e. The lowest BCUT2D eigenvalue weighted by Gasteiger charge is -2.39. The monoisotopic (exact) mass is 329 g/mol. The van der Waals surface area contributed by atoms with Crippen molar-refractivity contribution in [2.45, 2.75) is 44.6 Å². The molecule has 1 atom stereocenters. The van der Waals surface area contributed by atoms with Crippen LogP contribution in [0.2, 0.25) is 5.02 Å². The van der Waals surface area contributed by atoms with Crippen molar-refractivity contribution >= 4 is 17.5 Å². The Morgan fingerprint density at radius 3 is 2.78 bits per heavy atom. The molecule has 0 radical (unpaired) electrons. The predicted octanol–water partition coefficient (Wildman–Crippen LogP) is 4.08. The highest BCUT2D eigenvalue weighted by atomic mass is 35.5. The van der Waals surface area contributed by atoms with Crippen LogP contribution in [-0.4, -0.2) is 9.97 Å². The lowest BCUT2D eigenvalue weighted by Crippen LogP contribution is -2.34. The van der Waals surface area contributed by atoms with Gasteiger partial charge in [0.25, 0.3) is 5.56 Å². The highest BCUT2D eigenvalue weighted by Crippen LogP contribution is 2.54. The van der Waals surface area contributed by atoms with E-state index in [1.807, 2.05) is 0 Å². The fourth-order valence-electron chi connectivity index (χ4n) is 4.33. The molecule has 1 saturated carbocycles. The zero-order valence-electron chi connectivity index (χ0n) is 12.9. The molecule has 1 spiro atoms. The molecule has 2 aromatic rings. The van der Waals surface area contributed by atoms with Gasteiger partial charge in [-0.3, -0.25) is 9.78 Å². The molecule has 0 saturated heterocycles. The summed E-state index contributed by atoms with van der Waals surface area (Å²) in [6, 6.07) is 8.83. The number of hydrogen-bond donors (Lipinski definition) is 2. The lowest BCUT2D eigenvalue weighted by molar-refractivity contribution is 0.172. The van der Waals surface area contributed by atoms with Gasteiger partial charge in [0.1, 0.15) is 5.02 Å². The fraction of sp³-hybridized carbons (Fsp3) is 0.444. The second-order valence-corrected chi connectivity index (χ2v) is 7.19. The molecular formula is C18H20ClN3O. The van der Waals surface area contributed by atoms with Crippen LogP contribution in [0.3, 0.4) is 0 Å². The predicted molar refractivity (Wildman–Crippen MR) is 91.9 cm³/mol. The van der Waals surface area contributed by atoms with E-state index in [2.05, 4.69) is 39.6 Å². The summed E-state index contributed by atoms with van der Waals surface area (Å²) in [7, 11) is 0. The van der Waals surface area contributed by atoms with Crippen LogP contribution < -0.4 is 10.9 Å². The van der Waals surface area contributed by atoms with Crippen LogP contribution in [0.4, 0.5) is 5.95 Å². The average Bonchev–Trinajstić information content (AvgIpc) is 2.85. The maximum atomic E-state index is 11.8. The minimum absolute atomic E-state index is 0.120. The van der Waals surface area contributed by atoms with Crippen molar-refractivity contribution < 1.29 is 0 Å². The standard InChI is InChI=1S/C18H20ClN3O/c19-14-11-20-17(22-16(14)23)21-15-13-7-3-2-6-12(13)10-18(15)8-4-1-5-9-18/h2-3,6-7,11,15H,1,4-5,8-10H2,(H2,20,21,22,23). The van der Waals surface area contributed by atoms with E-state index in [4.69, 9.17) is 11.6 Å². The van der Waals surface area contributed by atoms with E-state index in [9.17, 15) is 4.79 Å². The third-order valence-electron chi connectivity index (χ3n) is 5.41. The topological polar surface area (TPSA) is 57.8 Å². The number of rotatable bonds is 2. The van der Waals surface area contributed by atoms with Crippen LogP contribution in [0.15, 0.2) is 35.3 Å². The molecule has 0 aliphatic heterocycles. The molecule has 1 heterocycles. The number of hydrogen-bond acceptors (Lipinski definition) is 3. The number of anilines is 1. The van der Waals surface area contributed by atoms with Crippen molar-refractivity contribution in [1.82, 2.24) is 9.97 Å². The van der Waals surface area contributed by atoms with Gasteiger partial charge in [-0.15, -0.1) is 0 Å². The van der Waals surface area contributed by atoms with Crippen LogP contribution in [0, 0.1) is 5.41 Å². The molecule has 5 heteroatoms. The molecular weight excluding hydrogens is 310 g/mol. The van der Waals surface area contributed by atoms with Gasteiger partial charge in [-0.1, -0.05) is 55.1 Å². The minimum Gasteiger partial charge on any atom is -0.348 e. The molecule has 1 aromatic heterocycles. The lowest BCUT2D eigenvalue weighted by atomic mass is 9.69. The quantitative estimate of drug-likeness (QED) is 0.872. The Hall–Kier alpha value is -1.81. The highest BCUT2D eigenvalue weighted by molar-refractivity contribution is 6.30. The number of benzene rings is 1. The third kappa shape index (κ3) is 2.55. The summed E-state index contributed by atoms with van der Waals surface area (Å²) in [5, 5.41) is 3.62. The smallest absolute Gasteiger partial charge is 0.271 e. The Kier molecular flexibility index (Phi) is 3.64. The van der Waals surface area contributed by atoms with E-state index in [0.29, 0.717) is 5.95 Å². The number of nitrogens with one attached hydrogen (secondary N) is 2. The average molecular weight is 330 g/mol. The van der Waals surface area contributed by atoms with E-state index in [1.165, 1.54) is 49.4 Å². The van der Waals surface area contributed by atoms with Crippen molar-refractivity contribution in [3.63, 3.8) is 0 Å². The number of H-pyrrole nitrogens is 1. The Morgan fingerprint density at radius 2 is 2.00 bits per heavy atom. The fourth-order valence-corrected chi connectivity index (χ4v) is 4.43. The summed E-state index contributed by atoms with van der Waals surface area (Å²) in [5.74, 6) is 0.506. The van der Waals surface area contributed by atoms with Crippen molar-refractivity contribution in [3.8, 4) is 0 Å². The van der Waals surface area contributed by atoms with Gasteiger partial charge in [0.15, 0.2) is 0 Å². The third-order valence-corrected chi connectivity index (χ3v) is 5.68. The number of nitrogens with zero attached hydrogens (tertiary/aromatic N) is 1. The van der Waals surface area contributed by atoms with Gasteiger partial charge >= 0.3 is 0 Å². The Bertz CT molecular complexity index is 780. The van der Waals surface area contributed by atoms with E-state index in [-0.39, 0.29) is 22.0 Å². The van der Waals surface area contributed by atoms with Crippen LogP contribution in [0.25, 0.3) is 0 Å². The van der Waals surface area contributed by atoms with E-state index in [0.717, 1.165) is 6.42 Å². The minimum atomic E-state index is -0.298. The zero-order chi connectivity index (χ0) is 15.9. The number of aromatic amines is 1. The van der Waals surface area contributed by atoms with Crippen LogP contribution in [-0.2, 0) is 6.42 Å². The zero-order valence-corrected chi connectivity index (χ0v) is 13.7. The van der Waals surface area contributed by atoms with E-state index in [1.54, 1.807) is 0 Å². The molecule has 23 heavy (non-hydrogen) atoms. The molecule has 2 N–H and O–H groups in total. The van der Waals surface area contributed by atoms with Crippen molar-refractivity contribution in [3.05, 3.63) is 57.0 Å². The van der Waals surface area contributed by atoms with Gasteiger partial charge in [0, 0.05) is 0 Å². The first-order valence-electron chi connectivity index (χ1n) is 8.27. The first-order valence-corrected chi connectivity index (χ1v) is 8.65. The Balaban J connectivity index is 1.72. The molecule has 4 nitrogen and oxygen atoms in total. The molecule has 2 aliphatic carbocycles. The number of aromatic nitrogens is 2. The van der Waals surface area contributed by atoms with E-state index < -0.39 is 0 Å². The molecule has 120 valence electrons. The molecule has 0 bridgehead atoms. The first kappa shape index (κ1) is 14.8. The van der Waals surface area contributed by atoms with E-state index >= 15 is 0 Å². The summed E-state index contributed by atoms with van der Waals surface area (Å²) < 4.78 is 0. The van der Waals surface area contributed by atoms with Gasteiger partial charge in [-0.2, -0.15) is 0 Å². The molecule has 1 unspecified atom stereocenters. The number of halogens is 1. The van der Waals surface area contributed by atoms with Gasteiger partial charge in [0.2, 0.25) is 5.95 Å². The second kappa shape index (κ2) is 5.68. The second-order valence-electron chi connectivity index (χ2n) is 6.78. The first-order chi connectivity index (χ1) is 11.2. The SMILES string of the molecule is O=c1[nH]c(NC2c3ccccc3CC23CCCCC3)ncc1Cl. The number of fused-ring (bicyclic) bond motifs is 1. The maximum absolute atomic E-state index is 11.8. The van der Waals surface area contributed by atoms with Crippen molar-refractivity contribution in [2.75, 3.05) is 5.32 Å². The molecule has 1 aromatic carbocycles. The normalized spacial score (nSPS) is 22.0. The Morgan fingerprint density at radius 1 is 1.22 bits per heavy atom. The van der Waals surface area contributed by atoms with Crippen molar-refractivity contribution in [2.24, 2.45) is 5.41 Å². The van der Waals surface area contributed by atoms with Crippen LogP contribution >= 0.6 is 11.6 Å². The summed E-state index contributed by atoms with van der Waals surface area (Å²) >= 11 is 5.79. The van der Waals surface area contributed by atoms with Gasteiger partial charge < -0.3 is 5.32 Å². The van der Waals surface area contributed by atoms with Gasteiger partial charge in [-0.05, 0) is 35.8 Å². The van der Waals surface area contributed by atoms with Crippen LogP contribution in [0.1, 0.15) is 49.3 Å². The van der Waals surface area contributed by atoms with Gasteiger partial charge in [0.05, 0.1) is 12.2 Å². The van der Waals surface area contributed by atoms with Gasteiger partial charge in [-0.25, -0.2) is 4.98 Å². The molecule has 2 aliphatic rings. The highest BCUT2D eigenvalue weighted by Gasteiger charge is 2.46. The van der Waals surface area contributed by atoms with Crippen molar-refractivity contribution in [1.29, 1.82) is 0 Å². The molecule has 0 amide bonds. The molecule has 4 rings (SSSR count). The van der Waals surface area contributed by atoms with Crippen LogP contribution in [0.5, 0.6) is 0 Å². The summed E-state index contributed by atoms with van der Waals surface area (Å²) in [6.07, 6.45) is 8.83. The molecule has 1 fully saturated rings. The Labute approximate surface area is 140 Å². The summed E-state index contributed by atoms with van der Waals surface area (Å²) in [5.41, 5.74) is 2.70. The summed E-state index contributed by atoms with van der Waals surface area (Å²) in [6.45, 7) is 0. The summed E-state index contributed by atoms with van der Waals surface area (Å²) in [4.78, 5) is 18.8.